The lowest BCUT2D eigenvalue weighted by molar-refractivity contribution is -0.139. The van der Waals surface area contributed by atoms with Gasteiger partial charge in [0.1, 0.15) is 0 Å². The molecule has 0 N–H and O–H groups in total. The number of nitrogens with zero attached hydrogens (tertiary/aromatic N) is 1. The number of rotatable bonds is 5. The number of thiazole rings is 1. The predicted octanol–water partition coefficient (Wildman–Crippen LogP) is 3.93. The molecular weight excluding hydrogens is 319 g/mol. The van der Waals surface area contributed by atoms with Crippen molar-refractivity contribution in [1.29, 1.82) is 0 Å². The van der Waals surface area contributed by atoms with Gasteiger partial charge in [-0.25, -0.2) is 9.78 Å². The molecule has 118 valence electrons. The molecule has 0 aliphatic carbocycles. The Bertz CT molecular complexity index is 638. The van der Waals surface area contributed by atoms with E-state index in [0.29, 0.717) is 11.3 Å². The summed E-state index contributed by atoms with van der Waals surface area (Å²) in [6, 6.07) is 6.54. The molecule has 0 saturated carbocycles. The molecule has 0 saturated heterocycles. The Balaban J connectivity index is 2.00. The van der Waals surface area contributed by atoms with Gasteiger partial charge in [-0.2, -0.15) is 13.2 Å². The fraction of sp³-hybridized carbons (Fsp3) is 0.286. The van der Waals surface area contributed by atoms with Crippen LogP contribution in [0.4, 0.5) is 13.2 Å². The Kier molecular flexibility index (Phi) is 5.02. The van der Waals surface area contributed by atoms with Crippen LogP contribution in [0.25, 0.3) is 11.3 Å². The molecule has 0 amide bonds. The van der Waals surface area contributed by atoms with Crippen molar-refractivity contribution < 1.29 is 27.4 Å². The molecule has 0 bridgehead atoms. The molecule has 2 aromatic rings. The zero-order valence-electron chi connectivity index (χ0n) is 11.5. The molecule has 0 aliphatic rings. The molecule has 1 aromatic heterocycles. The van der Waals surface area contributed by atoms with E-state index in [1.807, 2.05) is 0 Å². The number of hydrogen-bond donors (Lipinski definition) is 0. The van der Waals surface area contributed by atoms with E-state index in [4.69, 9.17) is 4.74 Å². The van der Waals surface area contributed by atoms with Gasteiger partial charge >= 0.3 is 12.1 Å². The number of carbonyl (C=O) groups is 1. The quantitative estimate of drug-likeness (QED) is 0.779. The van der Waals surface area contributed by atoms with Gasteiger partial charge in [-0.15, -0.1) is 0 Å². The van der Waals surface area contributed by atoms with E-state index < -0.39 is 25.2 Å². The van der Waals surface area contributed by atoms with Crippen LogP contribution in [-0.4, -0.2) is 30.8 Å². The van der Waals surface area contributed by atoms with E-state index >= 15 is 0 Å². The highest BCUT2D eigenvalue weighted by atomic mass is 32.1. The number of alkyl halides is 3. The summed E-state index contributed by atoms with van der Waals surface area (Å²) in [5.41, 5.74) is 1.71. The average molecular weight is 331 g/mol. The maximum atomic E-state index is 12.0. The maximum absolute atomic E-state index is 12.0. The first-order chi connectivity index (χ1) is 10.4. The highest BCUT2D eigenvalue weighted by Crippen LogP contribution is 2.27. The molecule has 0 aliphatic heterocycles. The molecule has 0 atom stereocenters. The summed E-state index contributed by atoms with van der Waals surface area (Å²) in [6.45, 7) is -0.461. The van der Waals surface area contributed by atoms with E-state index in [1.54, 1.807) is 29.6 Å². The molecule has 0 unspecified atom stereocenters. The largest absolute Gasteiger partial charge is 0.470 e. The third-order valence-corrected chi connectivity index (χ3v) is 3.45. The Labute approximate surface area is 128 Å². The second kappa shape index (κ2) is 6.78. The minimum Gasteiger partial charge on any atom is -0.470 e. The van der Waals surface area contributed by atoms with Crippen LogP contribution in [0.2, 0.25) is 0 Å². The molecule has 2 rings (SSSR count). The number of benzene rings is 1. The highest BCUT2D eigenvalue weighted by Gasteiger charge is 2.27. The summed E-state index contributed by atoms with van der Waals surface area (Å²) in [4.78, 5) is 15.4. The summed E-state index contributed by atoms with van der Waals surface area (Å²) in [5.74, 6) is -0.444. The van der Waals surface area contributed by atoms with Crippen LogP contribution in [0.3, 0.4) is 0 Å². The van der Waals surface area contributed by atoms with Gasteiger partial charge in [0.2, 0.25) is 0 Å². The smallest absolute Gasteiger partial charge is 0.392 e. The van der Waals surface area contributed by atoms with Crippen LogP contribution in [0.5, 0.6) is 5.19 Å². The van der Waals surface area contributed by atoms with Crippen LogP contribution >= 0.6 is 11.3 Å². The number of hydrogen-bond acceptors (Lipinski definition) is 5. The molecule has 22 heavy (non-hydrogen) atoms. The Hall–Kier alpha value is -2.09. The summed E-state index contributed by atoms with van der Waals surface area (Å²) in [5, 5.41) is 1.85. The van der Waals surface area contributed by atoms with Crippen molar-refractivity contribution in [2.24, 2.45) is 0 Å². The Morgan fingerprint density at radius 2 is 1.95 bits per heavy atom. The number of halogens is 3. The average Bonchev–Trinajstić information content (AvgIpc) is 2.94. The lowest BCUT2D eigenvalue weighted by Gasteiger charge is -2.05. The third kappa shape index (κ3) is 4.45. The lowest BCUT2D eigenvalue weighted by atomic mass is 10.1. The van der Waals surface area contributed by atoms with Crippen molar-refractivity contribution in [3.05, 3.63) is 35.2 Å². The first-order valence-corrected chi connectivity index (χ1v) is 7.11. The Morgan fingerprint density at radius 1 is 1.27 bits per heavy atom. The van der Waals surface area contributed by atoms with Crippen molar-refractivity contribution in [2.45, 2.75) is 12.6 Å². The van der Waals surface area contributed by atoms with E-state index in [0.717, 1.165) is 16.9 Å². The third-order valence-electron chi connectivity index (χ3n) is 2.70. The van der Waals surface area contributed by atoms with Crippen molar-refractivity contribution in [3.8, 4) is 16.5 Å². The van der Waals surface area contributed by atoms with Gasteiger partial charge in [-0.1, -0.05) is 23.5 Å². The molecule has 1 aromatic carbocycles. The number of esters is 1. The minimum atomic E-state index is -4.25. The van der Waals surface area contributed by atoms with Crippen molar-refractivity contribution in [3.63, 3.8) is 0 Å². The monoisotopic (exact) mass is 331 g/mol. The number of methoxy groups -OCH3 is 1. The van der Waals surface area contributed by atoms with Crippen LogP contribution in [-0.2, 0) is 4.74 Å². The number of ether oxygens (including phenoxy) is 2. The normalized spacial score (nSPS) is 11.3. The predicted molar refractivity (Wildman–Crippen MR) is 75.1 cm³/mol. The van der Waals surface area contributed by atoms with Crippen LogP contribution in [0.1, 0.15) is 16.8 Å². The maximum Gasteiger partial charge on any atom is 0.392 e. The van der Waals surface area contributed by atoms with Crippen LogP contribution in [0, 0.1) is 0 Å². The van der Waals surface area contributed by atoms with Gasteiger partial charge in [0.15, 0.2) is 0 Å². The first kappa shape index (κ1) is 16.3. The fourth-order valence-electron chi connectivity index (χ4n) is 1.61. The summed E-state index contributed by atoms with van der Waals surface area (Å²) < 4.78 is 45.6. The zero-order valence-corrected chi connectivity index (χ0v) is 12.3. The molecule has 0 fully saturated rings. The van der Waals surface area contributed by atoms with E-state index in [1.165, 1.54) is 7.11 Å². The van der Waals surface area contributed by atoms with E-state index in [2.05, 4.69) is 9.72 Å². The zero-order chi connectivity index (χ0) is 16.2. The summed E-state index contributed by atoms with van der Waals surface area (Å²) >= 11 is 1.12. The second-order valence-corrected chi connectivity index (χ2v) is 5.10. The van der Waals surface area contributed by atoms with Crippen LogP contribution < -0.4 is 4.74 Å². The molecule has 1 heterocycles. The van der Waals surface area contributed by atoms with Gasteiger partial charge in [0.05, 0.1) is 31.4 Å². The number of aromatic nitrogens is 1. The molecule has 0 radical (unpaired) electrons. The first-order valence-electron chi connectivity index (χ1n) is 6.23. The second-order valence-electron chi connectivity index (χ2n) is 4.28. The number of carbonyl (C=O) groups excluding carboxylic acids is 1. The molecular formula is C14H12F3NO3S. The van der Waals surface area contributed by atoms with Crippen molar-refractivity contribution in [2.75, 3.05) is 13.7 Å². The van der Waals surface area contributed by atoms with Gasteiger partial charge in [-0.3, -0.25) is 0 Å². The standard InChI is InChI=1S/C14H12F3NO3S/c1-20-12(19)10-4-2-9(3-5-10)11-8-22-13(18-11)21-7-6-14(15,16)17/h2-5,8H,6-7H2,1H3. The molecule has 0 spiro atoms. The minimum absolute atomic E-state index is 0.177. The SMILES string of the molecule is COC(=O)c1ccc(-c2csc(OCCC(F)(F)F)n2)cc1. The fourth-order valence-corrected chi connectivity index (χ4v) is 2.31. The van der Waals surface area contributed by atoms with Gasteiger partial charge in [0, 0.05) is 10.9 Å². The van der Waals surface area contributed by atoms with E-state index in [-0.39, 0.29) is 5.19 Å². The summed E-state index contributed by atoms with van der Waals surface area (Å²) in [6.07, 6.45) is -5.26. The van der Waals surface area contributed by atoms with Gasteiger partial charge in [-0.05, 0) is 12.1 Å². The van der Waals surface area contributed by atoms with Gasteiger partial charge in [0.25, 0.3) is 5.19 Å². The van der Waals surface area contributed by atoms with Crippen LogP contribution in [0.15, 0.2) is 29.6 Å². The molecule has 4 nitrogen and oxygen atoms in total. The topological polar surface area (TPSA) is 48.4 Å². The highest BCUT2D eigenvalue weighted by molar-refractivity contribution is 7.11. The van der Waals surface area contributed by atoms with E-state index in [9.17, 15) is 18.0 Å². The lowest BCUT2D eigenvalue weighted by Crippen LogP contribution is -2.12. The molecule has 8 heteroatoms. The van der Waals surface area contributed by atoms with Gasteiger partial charge < -0.3 is 9.47 Å². The van der Waals surface area contributed by atoms with Crippen molar-refractivity contribution in [1.82, 2.24) is 4.98 Å². The van der Waals surface area contributed by atoms with Crippen molar-refractivity contribution >= 4 is 17.3 Å². The summed E-state index contributed by atoms with van der Waals surface area (Å²) in [7, 11) is 1.29. The Morgan fingerprint density at radius 3 is 2.55 bits per heavy atom.